The quantitative estimate of drug-likeness (QED) is 0.547. The minimum atomic E-state index is -0.421. The van der Waals surface area contributed by atoms with E-state index < -0.39 is 5.91 Å². The van der Waals surface area contributed by atoms with Crippen LogP contribution in [-0.4, -0.2) is 25.7 Å². The lowest BCUT2D eigenvalue weighted by Crippen LogP contribution is -2.29. The van der Waals surface area contributed by atoms with E-state index in [1.807, 2.05) is 18.2 Å². The topological polar surface area (TPSA) is 97.9 Å². The Labute approximate surface area is 146 Å². The fourth-order valence-electron chi connectivity index (χ4n) is 2.33. The molecule has 1 aromatic carbocycles. The average Bonchev–Trinajstić information content (AvgIpc) is 3.30. The van der Waals surface area contributed by atoms with Gasteiger partial charge in [-0.2, -0.15) is 5.10 Å². The van der Waals surface area contributed by atoms with Gasteiger partial charge in [-0.1, -0.05) is 23.7 Å². The standard InChI is InChI=1S/C16H11ClN6O2/c17-11-4-1-2-5-12(11)23-15-10(8-20-23)14(18-9-19-15)21-22-16(24)13-6-3-7-25-13/h1-9H,(H,22,24)(H,18,19,21). The Hall–Kier alpha value is -3.39. The van der Waals surface area contributed by atoms with Crippen LogP contribution in [0.1, 0.15) is 10.6 Å². The number of hydrazine groups is 1. The molecular formula is C16H11ClN6O2. The SMILES string of the molecule is O=C(NNc1ncnc2c1cnn2-c1ccccc1Cl)c1ccco1. The molecule has 3 aromatic heterocycles. The van der Waals surface area contributed by atoms with Gasteiger partial charge in [-0.3, -0.25) is 15.6 Å². The number of aromatic nitrogens is 4. The number of carbonyl (C=O) groups is 1. The van der Waals surface area contributed by atoms with Gasteiger partial charge in [0, 0.05) is 0 Å². The first kappa shape index (κ1) is 15.2. The molecule has 0 atom stereocenters. The van der Waals surface area contributed by atoms with Crippen molar-refractivity contribution in [2.24, 2.45) is 0 Å². The number of fused-ring (bicyclic) bond motifs is 1. The van der Waals surface area contributed by atoms with Gasteiger partial charge in [0.05, 0.1) is 28.6 Å². The largest absolute Gasteiger partial charge is 0.459 e. The van der Waals surface area contributed by atoms with Crippen LogP contribution in [0.3, 0.4) is 0 Å². The molecule has 0 bridgehead atoms. The van der Waals surface area contributed by atoms with Gasteiger partial charge < -0.3 is 4.42 Å². The summed E-state index contributed by atoms with van der Waals surface area (Å²) in [5.41, 5.74) is 6.53. The Bertz CT molecular complexity index is 1040. The maximum Gasteiger partial charge on any atom is 0.305 e. The molecule has 124 valence electrons. The van der Waals surface area contributed by atoms with Gasteiger partial charge in [-0.15, -0.1) is 0 Å². The highest BCUT2D eigenvalue weighted by Gasteiger charge is 2.14. The monoisotopic (exact) mass is 354 g/mol. The average molecular weight is 355 g/mol. The number of nitrogens with zero attached hydrogens (tertiary/aromatic N) is 4. The van der Waals surface area contributed by atoms with E-state index in [-0.39, 0.29) is 5.76 Å². The minimum absolute atomic E-state index is 0.185. The highest BCUT2D eigenvalue weighted by atomic mass is 35.5. The van der Waals surface area contributed by atoms with Crippen LogP contribution < -0.4 is 10.9 Å². The van der Waals surface area contributed by atoms with Crippen LogP contribution in [0.25, 0.3) is 16.7 Å². The minimum Gasteiger partial charge on any atom is -0.459 e. The molecule has 3 heterocycles. The van der Waals surface area contributed by atoms with E-state index in [2.05, 4.69) is 25.9 Å². The summed E-state index contributed by atoms with van der Waals surface area (Å²) in [5, 5.41) is 5.50. The van der Waals surface area contributed by atoms with Gasteiger partial charge >= 0.3 is 5.91 Å². The van der Waals surface area contributed by atoms with Gasteiger partial charge in [-0.05, 0) is 24.3 Å². The number of hydrogen-bond donors (Lipinski definition) is 2. The van der Waals surface area contributed by atoms with Gasteiger partial charge in [0.2, 0.25) is 0 Å². The first-order valence-electron chi connectivity index (χ1n) is 7.27. The number of carbonyl (C=O) groups excluding carboxylic acids is 1. The van der Waals surface area contributed by atoms with Crippen LogP contribution in [-0.2, 0) is 0 Å². The van der Waals surface area contributed by atoms with Gasteiger partial charge in [0.25, 0.3) is 0 Å². The van der Waals surface area contributed by atoms with Crippen molar-refractivity contribution in [3.8, 4) is 5.69 Å². The molecule has 4 rings (SSSR count). The molecule has 25 heavy (non-hydrogen) atoms. The molecule has 0 saturated carbocycles. The normalized spacial score (nSPS) is 10.8. The molecule has 4 aromatic rings. The number of benzene rings is 1. The zero-order valence-corrected chi connectivity index (χ0v) is 13.4. The predicted molar refractivity (Wildman–Crippen MR) is 91.5 cm³/mol. The van der Waals surface area contributed by atoms with Gasteiger partial charge in [-0.25, -0.2) is 14.6 Å². The van der Waals surface area contributed by atoms with Crippen LogP contribution in [0.5, 0.6) is 0 Å². The molecule has 0 fully saturated rings. The van der Waals surface area contributed by atoms with Crippen molar-refractivity contribution < 1.29 is 9.21 Å². The molecule has 9 heteroatoms. The summed E-state index contributed by atoms with van der Waals surface area (Å²) in [4.78, 5) is 20.3. The van der Waals surface area contributed by atoms with Crippen LogP contribution in [0.4, 0.5) is 5.82 Å². The summed E-state index contributed by atoms with van der Waals surface area (Å²) >= 11 is 6.23. The lowest BCUT2D eigenvalue weighted by Gasteiger charge is -2.08. The summed E-state index contributed by atoms with van der Waals surface area (Å²) < 4.78 is 6.64. The van der Waals surface area contributed by atoms with Crippen molar-refractivity contribution in [1.82, 2.24) is 25.2 Å². The second-order valence-corrected chi connectivity index (χ2v) is 5.43. The summed E-state index contributed by atoms with van der Waals surface area (Å²) in [6.45, 7) is 0. The van der Waals surface area contributed by atoms with Crippen molar-refractivity contribution in [3.63, 3.8) is 0 Å². The van der Waals surface area contributed by atoms with E-state index in [0.29, 0.717) is 27.6 Å². The third-order valence-electron chi connectivity index (χ3n) is 3.49. The zero-order chi connectivity index (χ0) is 17.2. The summed E-state index contributed by atoms with van der Waals surface area (Å²) in [6.07, 6.45) is 4.39. The summed E-state index contributed by atoms with van der Waals surface area (Å²) in [5.74, 6) is 0.169. The van der Waals surface area contributed by atoms with Crippen molar-refractivity contribution in [2.75, 3.05) is 5.43 Å². The predicted octanol–water partition coefficient (Wildman–Crippen LogP) is 2.82. The molecular weight excluding hydrogens is 344 g/mol. The molecule has 1 amide bonds. The van der Waals surface area contributed by atoms with Crippen LogP contribution in [0, 0.1) is 0 Å². The van der Waals surface area contributed by atoms with E-state index in [1.165, 1.54) is 12.6 Å². The molecule has 0 aliphatic heterocycles. The molecule has 0 spiro atoms. The van der Waals surface area contributed by atoms with Gasteiger partial charge in [0.1, 0.15) is 6.33 Å². The van der Waals surface area contributed by atoms with Crippen molar-refractivity contribution in [3.05, 3.63) is 66.0 Å². The van der Waals surface area contributed by atoms with Crippen LogP contribution in [0.2, 0.25) is 5.02 Å². The number of furan rings is 1. The highest BCUT2D eigenvalue weighted by molar-refractivity contribution is 6.32. The van der Waals surface area contributed by atoms with E-state index in [1.54, 1.807) is 29.1 Å². The van der Waals surface area contributed by atoms with Crippen LogP contribution >= 0.6 is 11.6 Å². The van der Waals surface area contributed by atoms with E-state index in [0.717, 1.165) is 0 Å². The smallest absolute Gasteiger partial charge is 0.305 e. The molecule has 2 N–H and O–H groups in total. The number of rotatable bonds is 4. The first-order chi connectivity index (χ1) is 12.2. The second-order valence-electron chi connectivity index (χ2n) is 5.02. The molecule has 0 radical (unpaired) electrons. The number of para-hydroxylation sites is 1. The lowest BCUT2D eigenvalue weighted by molar-refractivity contribution is 0.0935. The Morgan fingerprint density at radius 1 is 1.16 bits per heavy atom. The lowest BCUT2D eigenvalue weighted by atomic mass is 10.3. The molecule has 0 aliphatic rings. The molecule has 8 nitrogen and oxygen atoms in total. The maximum absolute atomic E-state index is 11.9. The Morgan fingerprint density at radius 3 is 2.84 bits per heavy atom. The first-order valence-corrected chi connectivity index (χ1v) is 7.65. The third-order valence-corrected chi connectivity index (χ3v) is 3.81. The van der Waals surface area contributed by atoms with E-state index in [9.17, 15) is 4.79 Å². The van der Waals surface area contributed by atoms with Crippen molar-refractivity contribution in [2.45, 2.75) is 0 Å². The van der Waals surface area contributed by atoms with Crippen molar-refractivity contribution >= 4 is 34.4 Å². The molecule has 0 unspecified atom stereocenters. The Balaban J connectivity index is 1.65. The Morgan fingerprint density at radius 2 is 2.04 bits per heavy atom. The number of halogens is 1. The number of nitrogens with one attached hydrogen (secondary N) is 2. The second kappa shape index (κ2) is 6.25. The zero-order valence-electron chi connectivity index (χ0n) is 12.7. The highest BCUT2D eigenvalue weighted by Crippen LogP contribution is 2.25. The Kier molecular flexibility index (Phi) is 3.79. The van der Waals surface area contributed by atoms with E-state index in [4.69, 9.17) is 16.0 Å². The fraction of sp³-hybridized carbons (Fsp3) is 0. The van der Waals surface area contributed by atoms with Crippen molar-refractivity contribution in [1.29, 1.82) is 0 Å². The van der Waals surface area contributed by atoms with Gasteiger partial charge in [0.15, 0.2) is 17.2 Å². The molecule has 0 aliphatic carbocycles. The van der Waals surface area contributed by atoms with Crippen LogP contribution in [0.15, 0.2) is 59.6 Å². The summed E-state index contributed by atoms with van der Waals surface area (Å²) in [6, 6.07) is 10.5. The maximum atomic E-state index is 11.9. The number of hydrogen-bond acceptors (Lipinski definition) is 6. The van der Waals surface area contributed by atoms with E-state index >= 15 is 0 Å². The number of anilines is 1. The number of amides is 1. The molecule has 0 saturated heterocycles. The fourth-order valence-corrected chi connectivity index (χ4v) is 2.54. The summed E-state index contributed by atoms with van der Waals surface area (Å²) in [7, 11) is 0. The third kappa shape index (κ3) is 2.79.